The average Bonchev–Trinajstić information content (AvgIpc) is 2.97. The maximum Gasteiger partial charge on any atom is 0.241 e. The maximum absolute atomic E-state index is 13.2. The Labute approximate surface area is 256 Å². The highest BCUT2D eigenvalue weighted by atomic mass is 35.5. The van der Waals surface area contributed by atoms with Gasteiger partial charge in [0.15, 0.2) is 5.78 Å². The minimum Gasteiger partial charge on any atom is -1.00 e. The fourth-order valence-corrected chi connectivity index (χ4v) is 6.23. The molecule has 7 nitrogen and oxygen atoms in total. The van der Waals surface area contributed by atoms with E-state index in [2.05, 4.69) is 18.8 Å². The zero-order valence-electron chi connectivity index (χ0n) is 24.7. The maximum atomic E-state index is 13.2. The standard InChI is InChI=1S/C33H40N3O4S.ClH/c1-35(2)31-16-8-15-30-29(31)14-9-17-32(30)41(38,39)34-22-10-23-36(3,4)24-11-25-40-28-20-18-27(19-21-28)33(37)26-12-6-5-7-13-26;/h5-9,12-21,34H,10-11,22-25H2,1-4H3;1H/q+1;/p-1. The zero-order valence-corrected chi connectivity index (χ0v) is 26.3. The van der Waals surface area contributed by atoms with Gasteiger partial charge in [0.25, 0.3) is 0 Å². The Hall–Kier alpha value is -3.43. The number of hydrogen-bond donors (Lipinski definition) is 1. The summed E-state index contributed by atoms with van der Waals surface area (Å²) in [5, 5.41) is 1.64. The smallest absolute Gasteiger partial charge is 0.241 e. The number of ketones is 1. The fraction of sp³-hybridized carbons (Fsp3) is 0.303. The highest BCUT2D eigenvalue weighted by molar-refractivity contribution is 7.89. The number of fused-ring (bicyclic) bond motifs is 1. The van der Waals surface area contributed by atoms with E-state index in [9.17, 15) is 13.2 Å². The van der Waals surface area contributed by atoms with Crippen LogP contribution in [0.15, 0.2) is 95.9 Å². The molecule has 0 aliphatic carbocycles. The monoisotopic (exact) mass is 609 g/mol. The predicted molar refractivity (Wildman–Crippen MR) is 166 cm³/mol. The normalized spacial score (nSPS) is 11.6. The molecule has 0 aliphatic heterocycles. The average molecular weight is 610 g/mol. The van der Waals surface area contributed by atoms with Crippen molar-refractivity contribution in [3.63, 3.8) is 0 Å². The molecule has 0 unspecified atom stereocenters. The van der Waals surface area contributed by atoms with E-state index < -0.39 is 10.0 Å². The lowest BCUT2D eigenvalue weighted by Gasteiger charge is -2.30. The second-order valence-corrected chi connectivity index (χ2v) is 12.8. The summed E-state index contributed by atoms with van der Waals surface area (Å²) in [7, 11) is 4.55. The van der Waals surface area contributed by atoms with Crippen molar-refractivity contribution in [2.45, 2.75) is 17.7 Å². The number of anilines is 1. The van der Waals surface area contributed by atoms with Crippen LogP contribution in [0.1, 0.15) is 28.8 Å². The molecule has 42 heavy (non-hydrogen) atoms. The summed E-state index contributed by atoms with van der Waals surface area (Å²) in [6.45, 7) is 2.67. The van der Waals surface area contributed by atoms with Gasteiger partial charge in [-0.25, -0.2) is 13.1 Å². The molecule has 4 aromatic rings. The first kappa shape index (κ1) is 33.1. The molecule has 0 saturated heterocycles. The Morgan fingerprint density at radius 3 is 2.10 bits per heavy atom. The predicted octanol–water partition coefficient (Wildman–Crippen LogP) is 2.35. The van der Waals surface area contributed by atoms with Gasteiger partial charge in [-0.2, -0.15) is 0 Å². The molecule has 224 valence electrons. The van der Waals surface area contributed by atoms with E-state index in [1.54, 1.807) is 24.3 Å². The first-order chi connectivity index (χ1) is 19.6. The summed E-state index contributed by atoms with van der Waals surface area (Å²) in [6.07, 6.45) is 1.57. The van der Waals surface area contributed by atoms with Gasteiger partial charge in [0.05, 0.1) is 38.7 Å². The van der Waals surface area contributed by atoms with Crippen LogP contribution in [0.3, 0.4) is 0 Å². The van der Waals surface area contributed by atoms with Gasteiger partial charge in [0.1, 0.15) is 5.75 Å². The van der Waals surface area contributed by atoms with Crippen LogP contribution in [-0.2, 0) is 10.0 Å². The van der Waals surface area contributed by atoms with Crippen LogP contribution in [0, 0.1) is 0 Å². The van der Waals surface area contributed by atoms with Crippen LogP contribution in [-0.4, -0.2) is 73.1 Å². The molecule has 1 N–H and O–H groups in total. The van der Waals surface area contributed by atoms with Gasteiger partial charge in [0, 0.05) is 61.1 Å². The second-order valence-electron chi connectivity index (χ2n) is 11.1. The van der Waals surface area contributed by atoms with Crippen LogP contribution < -0.4 is 26.8 Å². The molecule has 4 aromatic carbocycles. The summed E-state index contributed by atoms with van der Waals surface area (Å²) in [5.74, 6) is 0.731. The summed E-state index contributed by atoms with van der Waals surface area (Å²) >= 11 is 0. The molecule has 0 heterocycles. The summed E-state index contributed by atoms with van der Waals surface area (Å²) < 4.78 is 35.8. The van der Waals surface area contributed by atoms with Crippen LogP contribution >= 0.6 is 0 Å². The van der Waals surface area contributed by atoms with Gasteiger partial charge < -0.3 is 26.5 Å². The minimum atomic E-state index is -3.64. The van der Waals surface area contributed by atoms with E-state index in [-0.39, 0.29) is 18.2 Å². The molecule has 0 aliphatic rings. The fourth-order valence-electron chi connectivity index (χ4n) is 4.93. The third-order valence-corrected chi connectivity index (χ3v) is 8.71. The van der Waals surface area contributed by atoms with E-state index in [0.717, 1.165) is 52.6 Å². The number of halogens is 1. The molecule has 9 heteroatoms. The molecule has 0 spiro atoms. The number of ether oxygens (including phenoxy) is 1. The number of quaternary nitrogens is 1. The number of nitrogens with one attached hydrogen (secondary N) is 1. The SMILES string of the molecule is CN(C)c1cccc2c(S(=O)(=O)NCCC[N+](C)(C)CCCOc3ccc(C(=O)c4ccccc4)cc3)cccc12.[Cl-]. The molecule has 0 bridgehead atoms. The van der Waals surface area contributed by atoms with Crippen molar-refractivity contribution >= 4 is 32.3 Å². The Morgan fingerprint density at radius 2 is 1.40 bits per heavy atom. The minimum absolute atomic E-state index is 0. The van der Waals surface area contributed by atoms with Gasteiger partial charge in [-0.3, -0.25) is 4.79 Å². The van der Waals surface area contributed by atoms with Crippen LogP contribution in [0.2, 0.25) is 0 Å². The third-order valence-electron chi connectivity index (χ3n) is 7.19. The van der Waals surface area contributed by atoms with Crippen molar-refractivity contribution in [1.29, 1.82) is 0 Å². The van der Waals surface area contributed by atoms with Gasteiger partial charge in [0.2, 0.25) is 10.0 Å². The number of carbonyl (C=O) groups is 1. The van der Waals surface area contributed by atoms with Crippen molar-refractivity contribution in [3.05, 3.63) is 102 Å². The van der Waals surface area contributed by atoms with Gasteiger partial charge in [-0.1, -0.05) is 54.6 Å². The Balaban J connectivity index is 0.00000484. The number of sulfonamides is 1. The summed E-state index contributed by atoms with van der Waals surface area (Å²) in [5.41, 5.74) is 2.29. The van der Waals surface area contributed by atoms with Crippen molar-refractivity contribution in [2.24, 2.45) is 0 Å². The Kier molecular flexibility index (Phi) is 11.5. The molecule has 4 rings (SSSR count). The van der Waals surface area contributed by atoms with E-state index in [4.69, 9.17) is 4.74 Å². The number of carbonyl (C=O) groups excluding carboxylic acids is 1. The van der Waals surface area contributed by atoms with E-state index in [0.29, 0.717) is 29.2 Å². The highest BCUT2D eigenvalue weighted by Crippen LogP contribution is 2.30. The molecule has 0 atom stereocenters. The molecular formula is C33H40ClN3O4S. The van der Waals surface area contributed by atoms with E-state index >= 15 is 0 Å². The van der Waals surface area contributed by atoms with E-state index in [1.807, 2.05) is 85.7 Å². The highest BCUT2D eigenvalue weighted by Gasteiger charge is 2.20. The molecular weight excluding hydrogens is 570 g/mol. The lowest BCUT2D eigenvalue weighted by atomic mass is 10.0. The van der Waals surface area contributed by atoms with Crippen molar-refractivity contribution in [3.8, 4) is 5.75 Å². The lowest BCUT2D eigenvalue weighted by molar-refractivity contribution is -0.890. The second kappa shape index (κ2) is 14.6. The van der Waals surface area contributed by atoms with Crippen LogP contribution in [0.25, 0.3) is 10.8 Å². The number of nitrogens with zero attached hydrogens (tertiary/aromatic N) is 2. The van der Waals surface area contributed by atoms with Gasteiger partial charge in [-0.05, 0) is 36.4 Å². The number of benzene rings is 4. The van der Waals surface area contributed by atoms with Gasteiger partial charge in [-0.15, -0.1) is 0 Å². The molecule has 0 saturated carbocycles. The topological polar surface area (TPSA) is 75.7 Å². The number of rotatable bonds is 14. The Bertz CT molecular complexity index is 1570. The van der Waals surface area contributed by atoms with Crippen LogP contribution in [0.4, 0.5) is 5.69 Å². The van der Waals surface area contributed by atoms with E-state index in [1.165, 1.54) is 0 Å². The molecule has 0 amide bonds. The number of hydrogen-bond acceptors (Lipinski definition) is 5. The molecule has 0 radical (unpaired) electrons. The summed E-state index contributed by atoms with van der Waals surface area (Å²) in [4.78, 5) is 14.9. The lowest BCUT2D eigenvalue weighted by Crippen LogP contribution is -3.00. The van der Waals surface area contributed by atoms with Crippen molar-refractivity contribution in [2.75, 3.05) is 59.3 Å². The van der Waals surface area contributed by atoms with Crippen molar-refractivity contribution < 1.29 is 34.8 Å². The first-order valence-electron chi connectivity index (χ1n) is 13.9. The third kappa shape index (κ3) is 8.55. The Morgan fingerprint density at radius 1 is 0.786 bits per heavy atom. The summed E-state index contributed by atoms with van der Waals surface area (Å²) in [6, 6.07) is 27.6. The van der Waals surface area contributed by atoms with Gasteiger partial charge >= 0.3 is 0 Å². The zero-order chi connectivity index (χ0) is 29.5. The first-order valence-corrected chi connectivity index (χ1v) is 15.4. The quantitative estimate of drug-likeness (QED) is 0.135. The van der Waals surface area contributed by atoms with Crippen molar-refractivity contribution in [1.82, 2.24) is 4.72 Å². The largest absolute Gasteiger partial charge is 1.00 e. The molecule has 0 aromatic heterocycles. The molecule has 0 fully saturated rings. The van der Waals surface area contributed by atoms with Crippen LogP contribution in [0.5, 0.6) is 5.75 Å².